The molecule has 3 aromatic rings. The van der Waals surface area contributed by atoms with E-state index in [1.54, 1.807) is 0 Å². The number of hydrogen-bond donors (Lipinski definition) is 0. The third-order valence-electron chi connectivity index (χ3n) is 3.76. The number of benzene rings is 2. The minimum atomic E-state index is -0.208. The van der Waals surface area contributed by atoms with Gasteiger partial charge < -0.3 is 4.57 Å². The first kappa shape index (κ1) is 13.6. The third kappa shape index (κ3) is 2.62. The lowest BCUT2D eigenvalue weighted by Gasteiger charge is -2.13. The quantitative estimate of drug-likeness (QED) is 0.624. The van der Waals surface area contributed by atoms with Crippen molar-refractivity contribution in [2.24, 2.45) is 0 Å². The molecule has 21 heavy (non-hydrogen) atoms. The van der Waals surface area contributed by atoms with E-state index in [2.05, 4.69) is 54.8 Å². The molecule has 0 saturated carbocycles. The van der Waals surface area contributed by atoms with Crippen molar-refractivity contribution in [3.8, 4) is 16.9 Å². The fourth-order valence-electron chi connectivity index (χ4n) is 2.60. The van der Waals surface area contributed by atoms with Crippen molar-refractivity contribution in [1.29, 1.82) is 0 Å². The van der Waals surface area contributed by atoms with Gasteiger partial charge in [0.1, 0.15) is 5.82 Å². The SMILES string of the molecule is CCc1ccc(-c2ccc(C)cc2)n1-c1ccc(F)cc1. The fraction of sp³-hybridized carbons (Fsp3) is 0.158. The van der Waals surface area contributed by atoms with E-state index in [9.17, 15) is 4.39 Å². The van der Waals surface area contributed by atoms with Crippen molar-refractivity contribution in [2.45, 2.75) is 20.3 Å². The summed E-state index contributed by atoms with van der Waals surface area (Å²) in [5.41, 5.74) is 5.77. The second-order valence-corrected chi connectivity index (χ2v) is 5.24. The number of aryl methyl sites for hydroxylation is 2. The van der Waals surface area contributed by atoms with Gasteiger partial charge in [0.25, 0.3) is 0 Å². The van der Waals surface area contributed by atoms with Crippen molar-refractivity contribution >= 4 is 0 Å². The fourth-order valence-corrected chi connectivity index (χ4v) is 2.60. The first-order chi connectivity index (χ1) is 10.2. The zero-order valence-electron chi connectivity index (χ0n) is 12.3. The Labute approximate surface area is 124 Å². The highest BCUT2D eigenvalue weighted by atomic mass is 19.1. The van der Waals surface area contributed by atoms with Crippen LogP contribution in [0.4, 0.5) is 4.39 Å². The van der Waals surface area contributed by atoms with Crippen LogP contribution in [0.25, 0.3) is 16.9 Å². The molecule has 0 aliphatic rings. The lowest BCUT2D eigenvalue weighted by Crippen LogP contribution is -2.01. The van der Waals surface area contributed by atoms with Crippen LogP contribution in [0, 0.1) is 12.7 Å². The summed E-state index contributed by atoms with van der Waals surface area (Å²) in [6.45, 7) is 4.22. The largest absolute Gasteiger partial charge is 0.314 e. The van der Waals surface area contributed by atoms with E-state index in [0.717, 1.165) is 17.8 Å². The first-order valence-electron chi connectivity index (χ1n) is 7.22. The standard InChI is InChI=1S/C19H18FN/c1-3-17-12-13-19(15-6-4-14(2)5-7-15)21(17)18-10-8-16(20)9-11-18/h4-13H,3H2,1-2H3. The predicted molar refractivity (Wildman–Crippen MR) is 85.3 cm³/mol. The summed E-state index contributed by atoms with van der Waals surface area (Å²) in [7, 11) is 0. The van der Waals surface area contributed by atoms with E-state index in [1.807, 2.05) is 12.1 Å². The highest BCUT2D eigenvalue weighted by Gasteiger charge is 2.10. The normalized spacial score (nSPS) is 10.8. The maximum absolute atomic E-state index is 13.2. The average Bonchev–Trinajstić information content (AvgIpc) is 2.93. The molecule has 106 valence electrons. The molecule has 0 spiro atoms. The van der Waals surface area contributed by atoms with Crippen LogP contribution in [0.1, 0.15) is 18.2 Å². The monoisotopic (exact) mass is 279 g/mol. The van der Waals surface area contributed by atoms with Gasteiger partial charge >= 0.3 is 0 Å². The smallest absolute Gasteiger partial charge is 0.123 e. The molecule has 0 unspecified atom stereocenters. The topological polar surface area (TPSA) is 4.93 Å². The lowest BCUT2D eigenvalue weighted by molar-refractivity contribution is 0.627. The van der Waals surface area contributed by atoms with E-state index < -0.39 is 0 Å². The minimum absolute atomic E-state index is 0.208. The molecule has 0 radical (unpaired) electrons. The summed E-state index contributed by atoms with van der Waals surface area (Å²) < 4.78 is 15.4. The van der Waals surface area contributed by atoms with Gasteiger partial charge in [0, 0.05) is 11.4 Å². The maximum atomic E-state index is 13.2. The highest BCUT2D eigenvalue weighted by molar-refractivity contribution is 5.64. The van der Waals surface area contributed by atoms with Crippen LogP contribution in [0.5, 0.6) is 0 Å². The number of halogens is 1. The van der Waals surface area contributed by atoms with Gasteiger partial charge in [-0.25, -0.2) is 4.39 Å². The molecular weight excluding hydrogens is 261 g/mol. The van der Waals surface area contributed by atoms with E-state index in [0.29, 0.717) is 0 Å². The van der Waals surface area contributed by atoms with Crippen LogP contribution in [0.2, 0.25) is 0 Å². The van der Waals surface area contributed by atoms with Crippen molar-refractivity contribution in [2.75, 3.05) is 0 Å². The van der Waals surface area contributed by atoms with Crippen LogP contribution < -0.4 is 0 Å². The van der Waals surface area contributed by atoms with Gasteiger partial charge in [-0.05, 0) is 55.3 Å². The van der Waals surface area contributed by atoms with Crippen LogP contribution in [-0.2, 0) is 6.42 Å². The molecule has 2 aromatic carbocycles. The molecular formula is C19H18FN. The molecule has 0 fully saturated rings. The number of nitrogens with zero attached hydrogens (tertiary/aromatic N) is 1. The van der Waals surface area contributed by atoms with Crippen molar-refractivity contribution < 1.29 is 4.39 Å². The van der Waals surface area contributed by atoms with Crippen LogP contribution in [0.15, 0.2) is 60.7 Å². The molecule has 3 rings (SSSR count). The van der Waals surface area contributed by atoms with E-state index >= 15 is 0 Å². The van der Waals surface area contributed by atoms with Gasteiger partial charge in [-0.15, -0.1) is 0 Å². The Balaban J connectivity index is 2.16. The van der Waals surface area contributed by atoms with Gasteiger partial charge in [0.2, 0.25) is 0 Å². The van der Waals surface area contributed by atoms with E-state index in [1.165, 1.54) is 29.0 Å². The molecule has 0 N–H and O–H groups in total. The van der Waals surface area contributed by atoms with E-state index in [-0.39, 0.29) is 5.82 Å². The molecule has 2 heteroatoms. The van der Waals surface area contributed by atoms with Crippen LogP contribution in [-0.4, -0.2) is 4.57 Å². The minimum Gasteiger partial charge on any atom is -0.314 e. The second-order valence-electron chi connectivity index (χ2n) is 5.24. The third-order valence-corrected chi connectivity index (χ3v) is 3.76. The number of rotatable bonds is 3. The molecule has 0 amide bonds. The Morgan fingerprint density at radius 3 is 2.14 bits per heavy atom. The molecule has 0 atom stereocenters. The molecule has 0 aliphatic heterocycles. The summed E-state index contributed by atoms with van der Waals surface area (Å²) in [5.74, 6) is -0.208. The predicted octanol–water partition coefficient (Wildman–Crippen LogP) is 5.15. The van der Waals surface area contributed by atoms with Gasteiger partial charge in [-0.3, -0.25) is 0 Å². The second kappa shape index (κ2) is 5.57. The Hall–Kier alpha value is -2.35. The molecule has 1 nitrogen and oxygen atoms in total. The summed E-state index contributed by atoms with van der Waals surface area (Å²) >= 11 is 0. The highest BCUT2D eigenvalue weighted by Crippen LogP contribution is 2.27. The Kier molecular flexibility index (Phi) is 3.61. The first-order valence-corrected chi connectivity index (χ1v) is 7.22. The van der Waals surface area contributed by atoms with Gasteiger partial charge in [-0.2, -0.15) is 0 Å². The van der Waals surface area contributed by atoms with Crippen molar-refractivity contribution in [1.82, 2.24) is 4.57 Å². The Morgan fingerprint density at radius 1 is 0.857 bits per heavy atom. The van der Waals surface area contributed by atoms with Crippen LogP contribution >= 0.6 is 0 Å². The zero-order valence-corrected chi connectivity index (χ0v) is 12.3. The van der Waals surface area contributed by atoms with Gasteiger partial charge in [0.15, 0.2) is 0 Å². The van der Waals surface area contributed by atoms with E-state index in [4.69, 9.17) is 0 Å². The van der Waals surface area contributed by atoms with Crippen molar-refractivity contribution in [3.63, 3.8) is 0 Å². The maximum Gasteiger partial charge on any atom is 0.123 e. The van der Waals surface area contributed by atoms with Crippen LogP contribution in [0.3, 0.4) is 0 Å². The van der Waals surface area contributed by atoms with Crippen molar-refractivity contribution in [3.05, 3.63) is 77.7 Å². The summed E-state index contributed by atoms with van der Waals surface area (Å²) in [6.07, 6.45) is 0.934. The molecule has 0 saturated heterocycles. The average molecular weight is 279 g/mol. The molecule has 1 aromatic heterocycles. The summed E-state index contributed by atoms with van der Waals surface area (Å²) in [6, 6.07) is 19.4. The Bertz CT molecular complexity index is 736. The lowest BCUT2D eigenvalue weighted by atomic mass is 10.1. The summed E-state index contributed by atoms with van der Waals surface area (Å²) in [5, 5.41) is 0. The zero-order chi connectivity index (χ0) is 14.8. The summed E-state index contributed by atoms with van der Waals surface area (Å²) in [4.78, 5) is 0. The molecule has 0 bridgehead atoms. The molecule has 0 aliphatic carbocycles. The number of aromatic nitrogens is 1. The van der Waals surface area contributed by atoms with Gasteiger partial charge in [-0.1, -0.05) is 36.8 Å². The van der Waals surface area contributed by atoms with Gasteiger partial charge in [0.05, 0.1) is 5.69 Å². The molecule has 1 heterocycles. The number of hydrogen-bond acceptors (Lipinski definition) is 0. The Morgan fingerprint density at radius 2 is 1.52 bits per heavy atom.